The summed E-state index contributed by atoms with van der Waals surface area (Å²) in [7, 11) is -3.30. The third-order valence-corrected chi connectivity index (χ3v) is 7.21. The summed E-state index contributed by atoms with van der Waals surface area (Å²) in [5, 5.41) is 13.6. The van der Waals surface area contributed by atoms with Crippen LogP contribution in [0.4, 0.5) is 4.39 Å². The van der Waals surface area contributed by atoms with Crippen LogP contribution in [0.15, 0.2) is 52.2 Å². The van der Waals surface area contributed by atoms with Gasteiger partial charge in [0.05, 0.1) is 12.7 Å². The van der Waals surface area contributed by atoms with Gasteiger partial charge in [-0.25, -0.2) is 14.3 Å². The van der Waals surface area contributed by atoms with Crippen molar-refractivity contribution in [2.45, 2.75) is 63.9 Å². The Balaban J connectivity index is 1.80. The summed E-state index contributed by atoms with van der Waals surface area (Å²) in [6.45, 7) is 5.67. The number of halogens is 1. The minimum absolute atomic E-state index is 0.340. The van der Waals surface area contributed by atoms with Crippen molar-refractivity contribution in [3.05, 3.63) is 63.4 Å². The molecule has 0 aliphatic carbocycles. The number of alkyl halides is 1. The van der Waals surface area contributed by atoms with Gasteiger partial charge < -0.3 is 23.6 Å². The lowest BCUT2D eigenvalue weighted by atomic mass is 9.98. The first kappa shape index (κ1) is 27.8. The molecule has 0 radical (unpaired) electrons. The molecule has 1 fully saturated rings. The SMILES string of the molecule is C=[P@@](N[C@@H](C)C(=O)OC(C)C)(OC[C@H]1O[C@@H](n2ccc(=O)[nH]c2=O)[C@](C)(F)[C@@H]1O)Oc1ccccc1. The molecule has 0 bridgehead atoms. The highest BCUT2D eigenvalue weighted by atomic mass is 31.2. The van der Waals surface area contributed by atoms with Crippen LogP contribution in [0.1, 0.15) is 33.9 Å². The lowest BCUT2D eigenvalue weighted by molar-refractivity contribution is -0.149. The molecule has 36 heavy (non-hydrogen) atoms. The summed E-state index contributed by atoms with van der Waals surface area (Å²) in [5.41, 5.74) is -3.95. The van der Waals surface area contributed by atoms with E-state index in [-0.39, 0.29) is 6.10 Å². The molecule has 1 aliphatic heterocycles. The van der Waals surface area contributed by atoms with Gasteiger partial charge in [-0.05, 0) is 46.1 Å². The van der Waals surface area contributed by atoms with E-state index in [0.717, 1.165) is 23.8 Å². The van der Waals surface area contributed by atoms with Gasteiger partial charge in [-0.1, -0.05) is 18.2 Å². The molecular formula is C23H31FN3O8P. The largest absolute Gasteiger partial charge is 0.462 e. The molecular weight excluding hydrogens is 496 g/mol. The topological polar surface area (TPSA) is 141 Å². The van der Waals surface area contributed by atoms with Gasteiger partial charge in [0.15, 0.2) is 11.9 Å². The van der Waals surface area contributed by atoms with Crippen LogP contribution < -0.4 is 20.9 Å². The molecule has 0 unspecified atom stereocenters. The van der Waals surface area contributed by atoms with Crippen LogP contribution in [-0.2, 0) is 18.8 Å². The number of benzene rings is 1. The number of ether oxygens (including phenoxy) is 2. The predicted octanol–water partition coefficient (Wildman–Crippen LogP) is 1.74. The van der Waals surface area contributed by atoms with Gasteiger partial charge in [-0.2, -0.15) is 0 Å². The maximum Gasteiger partial charge on any atom is 0.330 e. The van der Waals surface area contributed by atoms with E-state index in [0.29, 0.717) is 5.75 Å². The van der Waals surface area contributed by atoms with Gasteiger partial charge in [0.25, 0.3) is 5.56 Å². The molecule has 11 nitrogen and oxygen atoms in total. The van der Waals surface area contributed by atoms with Crippen molar-refractivity contribution in [3.63, 3.8) is 0 Å². The summed E-state index contributed by atoms with van der Waals surface area (Å²) in [6, 6.07) is 8.77. The van der Waals surface area contributed by atoms with E-state index >= 15 is 4.39 Å². The Kier molecular flexibility index (Phi) is 8.58. The quantitative estimate of drug-likeness (QED) is 0.311. The molecule has 1 aromatic carbocycles. The molecule has 6 atom stereocenters. The van der Waals surface area contributed by atoms with Crippen molar-refractivity contribution in [3.8, 4) is 5.75 Å². The van der Waals surface area contributed by atoms with E-state index in [9.17, 15) is 19.5 Å². The molecule has 3 N–H and O–H groups in total. The van der Waals surface area contributed by atoms with Crippen LogP contribution in [-0.4, -0.2) is 63.6 Å². The Labute approximate surface area is 207 Å². The van der Waals surface area contributed by atoms with Crippen LogP contribution in [0.3, 0.4) is 0 Å². The summed E-state index contributed by atoms with van der Waals surface area (Å²) in [4.78, 5) is 37.9. The maximum absolute atomic E-state index is 15.5. The molecule has 2 heterocycles. The Hall–Kier alpha value is -2.76. The smallest absolute Gasteiger partial charge is 0.330 e. The van der Waals surface area contributed by atoms with E-state index in [1.165, 1.54) is 0 Å². The Morgan fingerprint density at radius 1 is 1.31 bits per heavy atom. The van der Waals surface area contributed by atoms with Gasteiger partial charge >= 0.3 is 11.7 Å². The fourth-order valence-electron chi connectivity index (χ4n) is 3.58. The van der Waals surface area contributed by atoms with Crippen molar-refractivity contribution in [1.29, 1.82) is 0 Å². The zero-order chi connectivity index (χ0) is 26.7. The average molecular weight is 527 g/mol. The summed E-state index contributed by atoms with van der Waals surface area (Å²) < 4.78 is 39.1. The Morgan fingerprint density at radius 3 is 2.58 bits per heavy atom. The number of aromatic amines is 1. The number of aliphatic hydroxyl groups is 1. The number of H-pyrrole nitrogens is 1. The van der Waals surface area contributed by atoms with Crippen molar-refractivity contribution in [1.82, 2.24) is 14.6 Å². The van der Waals surface area contributed by atoms with Gasteiger partial charge in [0.1, 0.15) is 24.0 Å². The fraction of sp³-hybridized carbons (Fsp3) is 0.478. The molecule has 1 aliphatic rings. The minimum Gasteiger partial charge on any atom is -0.462 e. The highest BCUT2D eigenvalue weighted by Crippen LogP contribution is 2.47. The number of para-hydroxylation sites is 1. The molecule has 198 valence electrons. The first-order chi connectivity index (χ1) is 16.8. The van der Waals surface area contributed by atoms with Crippen LogP contribution in [0.5, 0.6) is 5.75 Å². The summed E-state index contributed by atoms with van der Waals surface area (Å²) >= 11 is 0. The van der Waals surface area contributed by atoms with Crippen LogP contribution in [0.25, 0.3) is 0 Å². The van der Waals surface area contributed by atoms with Crippen molar-refractivity contribution < 1.29 is 32.8 Å². The second kappa shape index (κ2) is 11.1. The van der Waals surface area contributed by atoms with E-state index in [2.05, 4.69) is 11.4 Å². The number of hydrogen-bond donors (Lipinski definition) is 3. The molecule has 13 heteroatoms. The summed E-state index contributed by atoms with van der Waals surface area (Å²) in [6.07, 6.45) is 0.288. The third-order valence-electron chi connectivity index (χ3n) is 5.36. The second-order valence-corrected chi connectivity index (χ2v) is 10.9. The first-order valence-corrected chi connectivity index (χ1v) is 13.1. The normalized spacial score (nSPS) is 26.4. The van der Waals surface area contributed by atoms with Crippen LogP contribution in [0, 0.1) is 0 Å². The van der Waals surface area contributed by atoms with Crippen molar-refractivity contribution in [2.24, 2.45) is 0 Å². The molecule has 0 amide bonds. The summed E-state index contributed by atoms with van der Waals surface area (Å²) in [5.74, 6) is -0.150. The van der Waals surface area contributed by atoms with Gasteiger partial charge in [-0.3, -0.25) is 19.1 Å². The van der Waals surface area contributed by atoms with Crippen LogP contribution in [0.2, 0.25) is 0 Å². The Morgan fingerprint density at radius 2 is 1.97 bits per heavy atom. The van der Waals surface area contributed by atoms with Gasteiger partial charge in [0.2, 0.25) is 7.49 Å². The molecule has 2 aromatic rings. The average Bonchev–Trinajstić information content (AvgIpc) is 3.01. The molecule has 1 aromatic heterocycles. The maximum atomic E-state index is 15.5. The minimum atomic E-state index is -3.30. The second-order valence-electron chi connectivity index (χ2n) is 8.85. The number of carbonyl (C=O) groups excluding carboxylic acids is 1. The fourth-order valence-corrected chi connectivity index (χ4v) is 5.31. The number of hydrogen-bond acceptors (Lipinski definition) is 9. The number of nitrogens with zero attached hydrogens (tertiary/aromatic N) is 1. The standard InChI is InChI=1S/C23H31FN3O8P/c1-14(2)33-20(30)15(3)26-36(5,35-16-9-7-6-8-10-16)32-13-17-19(29)23(4,24)21(34-17)27-12-11-18(28)25-22(27)31/h6-12,14-15,17,19,21,26,29H,5,13H2,1-4H3,(H,25,28,31)/t15-,17+,19+,21+,23+,36+/m0/s1. The lowest BCUT2D eigenvalue weighted by Crippen LogP contribution is -2.43. The number of carbonyl (C=O) groups is 1. The molecule has 3 rings (SSSR count). The zero-order valence-electron chi connectivity index (χ0n) is 20.4. The number of esters is 1. The van der Waals surface area contributed by atoms with E-state index < -0.39 is 61.5 Å². The van der Waals surface area contributed by atoms with Crippen LogP contribution >= 0.6 is 7.49 Å². The van der Waals surface area contributed by atoms with Crippen molar-refractivity contribution in [2.75, 3.05) is 6.61 Å². The monoisotopic (exact) mass is 527 g/mol. The molecule has 0 spiro atoms. The number of aromatic nitrogens is 2. The zero-order valence-corrected chi connectivity index (χ0v) is 21.3. The number of rotatable bonds is 10. The third kappa shape index (κ3) is 6.51. The highest BCUT2D eigenvalue weighted by Gasteiger charge is 2.55. The van der Waals surface area contributed by atoms with E-state index in [1.54, 1.807) is 51.1 Å². The predicted molar refractivity (Wildman–Crippen MR) is 132 cm³/mol. The lowest BCUT2D eigenvalue weighted by Gasteiger charge is -2.30. The van der Waals surface area contributed by atoms with E-state index in [1.807, 2.05) is 4.98 Å². The number of nitrogens with one attached hydrogen (secondary N) is 2. The molecule has 1 saturated heterocycles. The Bertz CT molecular complexity index is 1220. The highest BCUT2D eigenvalue weighted by molar-refractivity contribution is 7.62. The number of aliphatic hydroxyl groups excluding tert-OH is 1. The molecule has 0 saturated carbocycles. The first-order valence-electron chi connectivity index (χ1n) is 11.3. The van der Waals surface area contributed by atoms with E-state index in [4.69, 9.17) is 18.5 Å². The van der Waals surface area contributed by atoms with Gasteiger partial charge in [0, 0.05) is 12.3 Å². The van der Waals surface area contributed by atoms with Gasteiger partial charge in [-0.15, -0.1) is 0 Å². The van der Waals surface area contributed by atoms with Crippen molar-refractivity contribution >= 4 is 19.8 Å².